The number of carbonyl (C=O) groups excluding carboxylic acids is 1. The Morgan fingerprint density at radius 1 is 1.33 bits per heavy atom. The minimum atomic E-state index is -0.185. The molecular weight excluding hydrogens is 210 g/mol. The zero-order valence-corrected chi connectivity index (χ0v) is 10.5. The lowest BCUT2D eigenvalue weighted by molar-refractivity contribution is 0.134. The molecule has 0 aromatic rings. The first kappa shape index (κ1) is 12.7. The number of ether oxygens (including phenoxy) is 1. The highest BCUT2D eigenvalue weighted by molar-refractivity contribution is 7.98. The van der Waals surface area contributed by atoms with Gasteiger partial charge in [-0.1, -0.05) is 19.3 Å². The monoisotopic (exact) mass is 231 g/mol. The molecule has 88 valence electrons. The number of carbonyl (C=O) groups is 1. The number of hydrogen-bond donors (Lipinski definition) is 0. The van der Waals surface area contributed by atoms with Gasteiger partial charge in [0.25, 0.3) is 0 Å². The second kappa shape index (κ2) is 6.99. The topological polar surface area (TPSA) is 29.5 Å². The molecule has 0 aliphatic heterocycles. The molecule has 3 nitrogen and oxygen atoms in total. The molecular formula is C11H21NO2S. The van der Waals surface area contributed by atoms with E-state index < -0.39 is 0 Å². The van der Waals surface area contributed by atoms with Crippen molar-refractivity contribution in [1.29, 1.82) is 0 Å². The Morgan fingerprint density at radius 2 is 2.00 bits per heavy atom. The highest BCUT2D eigenvalue weighted by atomic mass is 32.2. The predicted molar refractivity (Wildman–Crippen MR) is 63.9 cm³/mol. The van der Waals surface area contributed by atoms with Crippen LogP contribution in [0.5, 0.6) is 0 Å². The Kier molecular flexibility index (Phi) is 5.91. The van der Waals surface area contributed by atoms with Crippen LogP contribution in [0.1, 0.15) is 46.0 Å². The quantitative estimate of drug-likeness (QED) is 0.694. The van der Waals surface area contributed by atoms with Gasteiger partial charge in [0, 0.05) is 11.8 Å². The van der Waals surface area contributed by atoms with Crippen molar-refractivity contribution >= 4 is 18.0 Å². The Labute approximate surface area is 96.7 Å². The smallest absolute Gasteiger partial charge is 0.419 e. The highest BCUT2D eigenvalue weighted by Gasteiger charge is 2.21. The molecule has 1 saturated carbocycles. The Bertz CT molecular complexity index is 193. The third-order valence-corrected chi connectivity index (χ3v) is 4.02. The van der Waals surface area contributed by atoms with E-state index in [1.807, 2.05) is 13.8 Å². The van der Waals surface area contributed by atoms with Crippen LogP contribution >= 0.6 is 11.9 Å². The number of hydrogen-bond acceptors (Lipinski definition) is 3. The molecule has 1 fully saturated rings. The summed E-state index contributed by atoms with van der Waals surface area (Å²) in [7, 11) is 0. The predicted octanol–water partition coefficient (Wildman–Crippen LogP) is 3.45. The SMILES string of the molecule is CCOC(=O)N(CC)SC1CCCCC1. The van der Waals surface area contributed by atoms with Crippen LogP contribution in [0.15, 0.2) is 0 Å². The molecule has 0 N–H and O–H groups in total. The standard InChI is InChI=1S/C11H21NO2S/c1-3-12(11(13)14-4-2)15-10-8-6-5-7-9-10/h10H,3-9H2,1-2H3. The van der Waals surface area contributed by atoms with Crippen molar-refractivity contribution in [2.45, 2.75) is 51.2 Å². The van der Waals surface area contributed by atoms with Crippen LogP contribution in [0.2, 0.25) is 0 Å². The summed E-state index contributed by atoms with van der Waals surface area (Å²) in [6.45, 7) is 5.02. The number of amides is 1. The van der Waals surface area contributed by atoms with E-state index in [2.05, 4.69) is 0 Å². The van der Waals surface area contributed by atoms with Gasteiger partial charge in [-0.25, -0.2) is 4.79 Å². The summed E-state index contributed by atoms with van der Waals surface area (Å²) in [5.74, 6) is 0. The first-order valence-electron chi connectivity index (χ1n) is 5.89. The minimum Gasteiger partial charge on any atom is -0.449 e. The molecule has 1 aliphatic rings. The van der Waals surface area contributed by atoms with E-state index in [0.717, 1.165) is 6.54 Å². The minimum absolute atomic E-state index is 0.185. The third-order valence-electron chi connectivity index (χ3n) is 2.59. The van der Waals surface area contributed by atoms with Gasteiger partial charge in [0.15, 0.2) is 0 Å². The molecule has 0 aromatic heterocycles. The Hall–Kier alpha value is -0.380. The van der Waals surface area contributed by atoms with Gasteiger partial charge in [0.2, 0.25) is 0 Å². The molecule has 0 aromatic carbocycles. The first-order valence-corrected chi connectivity index (χ1v) is 6.72. The van der Waals surface area contributed by atoms with Crippen LogP contribution in [0.4, 0.5) is 4.79 Å². The second-order valence-electron chi connectivity index (χ2n) is 3.76. The lowest BCUT2D eigenvalue weighted by Crippen LogP contribution is -2.28. The molecule has 15 heavy (non-hydrogen) atoms. The van der Waals surface area contributed by atoms with Crippen molar-refractivity contribution in [3.05, 3.63) is 0 Å². The molecule has 1 aliphatic carbocycles. The van der Waals surface area contributed by atoms with Crippen LogP contribution in [-0.4, -0.2) is 28.8 Å². The average Bonchev–Trinajstić information content (AvgIpc) is 2.27. The van der Waals surface area contributed by atoms with E-state index in [-0.39, 0.29) is 6.09 Å². The fourth-order valence-corrected chi connectivity index (χ4v) is 2.98. The lowest BCUT2D eigenvalue weighted by atomic mass is 10.0. The number of nitrogens with zero attached hydrogens (tertiary/aromatic N) is 1. The van der Waals surface area contributed by atoms with Crippen LogP contribution in [0, 0.1) is 0 Å². The maximum absolute atomic E-state index is 11.5. The molecule has 0 radical (unpaired) electrons. The van der Waals surface area contributed by atoms with Crippen molar-refractivity contribution in [2.24, 2.45) is 0 Å². The van der Waals surface area contributed by atoms with Crippen LogP contribution in [0.3, 0.4) is 0 Å². The molecule has 0 heterocycles. The maximum atomic E-state index is 11.5. The molecule has 0 atom stereocenters. The van der Waals surface area contributed by atoms with Crippen molar-refractivity contribution < 1.29 is 9.53 Å². The summed E-state index contributed by atoms with van der Waals surface area (Å²) in [4.78, 5) is 11.5. The van der Waals surface area contributed by atoms with Gasteiger partial charge in [-0.15, -0.1) is 0 Å². The van der Waals surface area contributed by atoms with Crippen molar-refractivity contribution in [2.75, 3.05) is 13.2 Å². The van der Waals surface area contributed by atoms with E-state index in [4.69, 9.17) is 4.74 Å². The van der Waals surface area contributed by atoms with Gasteiger partial charge in [-0.2, -0.15) is 0 Å². The van der Waals surface area contributed by atoms with Crippen LogP contribution in [0.25, 0.3) is 0 Å². The van der Waals surface area contributed by atoms with E-state index in [0.29, 0.717) is 11.9 Å². The first-order chi connectivity index (χ1) is 7.27. The average molecular weight is 231 g/mol. The Morgan fingerprint density at radius 3 is 2.53 bits per heavy atom. The van der Waals surface area contributed by atoms with Gasteiger partial charge in [0.1, 0.15) is 0 Å². The van der Waals surface area contributed by atoms with Gasteiger partial charge < -0.3 is 4.74 Å². The third kappa shape index (κ3) is 4.33. The molecule has 1 amide bonds. The highest BCUT2D eigenvalue weighted by Crippen LogP contribution is 2.30. The van der Waals surface area contributed by atoms with Gasteiger partial charge in [-0.05, 0) is 38.6 Å². The van der Waals surface area contributed by atoms with E-state index in [1.165, 1.54) is 32.1 Å². The van der Waals surface area contributed by atoms with Crippen LogP contribution in [-0.2, 0) is 4.74 Å². The number of rotatable bonds is 4. The molecule has 0 spiro atoms. The largest absolute Gasteiger partial charge is 0.449 e. The van der Waals surface area contributed by atoms with Crippen molar-refractivity contribution in [3.8, 4) is 0 Å². The summed E-state index contributed by atoms with van der Waals surface area (Å²) in [6, 6.07) is 0. The van der Waals surface area contributed by atoms with Crippen molar-refractivity contribution in [1.82, 2.24) is 4.31 Å². The Balaban J connectivity index is 2.34. The maximum Gasteiger partial charge on any atom is 0.419 e. The van der Waals surface area contributed by atoms with Crippen molar-refractivity contribution in [3.63, 3.8) is 0 Å². The molecule has 0 bridgehead atoms. The molecule has 0 saturated heterocycles. The normalized spacial score (nSPS) is 17.5. The molecule has 1 rings (SSSR count). The summed E-state index contributed by atoms with van der Waals surface area (Å²) in [5, 5.41) is 0.614. The van der Waals surface area contributed by atoms with Gasteiger partial charge in [0.05, 0.1) is 6.61 Å². The fourth-order valence-electron chi connectivity index (χ4n) is 1.79. The molecule has 0 unspecified atom stereocenters. The summed E-state index contributed by atoms with van der Waals surface area (Å²) >= 11 is 1.67. The summed E-state index contributed by atoms with van der Waals surface area (Å²) in [6.07, 6.45) is 6.25. The summed E-state index contributed by atoms with van der Waals surface area (Å²) < 4.78 is 6.75. The van der Waals surface area contributed by atoms with Gasteiger partial charge >= 0.3 is 6.09 Å². The lowest BCUT2D eigenvalue weighted by Gasteiger charge is -2.27. The molecule has 4 heteroatoms. The van der Waals surface area contributed by atoms with E-state index in [1.54, 1.807) is 16.3 Å². The second-order valence-corrected chi connectivity index (χ2v) is 5.08. The van der Waals surface area contributed by atoms with Crippen LogP contribution < -0.4 is 0 Å². The van der Waals surface area contributed by atoms with E-state index >= 15 is 0 Å². The zero-order chi connectivity index (χ0) is 11.1. The summed E-state index contributed by atoms with van der Waals surface area (Å²) in [5.41, 5.74) is 0. The van der Waals surface area contributed by atoms with Gasteiger partial charge in [-0.3, -0.25) is 4.31 Å². The fraction of sp³-hybridized carbons (Fsp3) is 0.909. The van der Waals surface area contributed by atoms with E-state index in [9.17, 15) is 4.79 Å². The zero-order valence-electron chi connectivity index (χ0n) is 9.70.